The monoisotopic (exact) mass is 651 g/mol. The van der Waals surface area contributed by atoms with Crippen LogP contribution in [0.15, 0.2) is 30.5 Å². The summed E-state index contributed by atoms with van der Waals surface area (Å²) in [5.41, 5.74) is 0.638. The van der Waals surface area contributed by atoms with E-state index >= 15 is 8.78 Å². The van der Waals surface area contributed by atoms with Gasteiger partial charge in [-0.1, -0.05) is 0 Å². The van der Waals surface area contributed by atoms with Crippen molar-refractivity contribution in [1.82, 2.24) is 14.9 Å². The maximum Gasteiger partial charge on any atom is 0.294 e. The SMILES string of the molecule is COc1nc(OC)c(F)c(N2Cc3cnc(Nc4ccc(N5CCC(N6CCOCC6)CC5)cc4[N+](=O)[O-])cc3C3(CC3)C2=O)c1F. The van der Waals surface area contributed by atoms with E-state index < -0.39 is 45.3 Å². The maximum absolute atomic E-state index is 15.3. The summed E-state index contributed by atoms with van der Waals surface area (Å²) in [5.74, 6) is -3.36. The number of amides is 1. The quantitative estimate of drug-likeness (QED) is 0.276. The Morgan fingerprint density at radius 2 is 1.72 bits per heavy atom. The Bertz CT molecular complexity index is 1700. The van der Waals surface area contributed by atoms with Crippen molar-refractivity contribution in [2.75, 3.05) is 68.7 Å². The van der Waals surface area contributed by atoms with Crippen LogP contribution in [0, 0.1) is 21.7 Å². The van der Waals surface area contributed by atoms with Gasteiger partial charge >= 0.3 is 0 Å². The number of methoxy groups -OCH3 is 2. The van der Waals surface area contributed by atoms with E-state index in [2.05, 4.69) is 25.1 Å². The average molecular weight is 652 g/mol. The number of fused-ring (bicyclic) bond motifs is 2. The number of anilines is 4. The maximum atomic E-state index is 15.3. The van der Waals surface area contributed by atoms with Gasteiger partial charge in [0.2, 0.25) is 17.5 Å². The Hall–Kier alpha value is -4.63. The molecular weight excluding hydrogens is 616 g/mol. The summed E-state index contributed by atoms with van der Waals surface area (Å²) in [6.45, 7) is 4.85. The minimum atomic E-state index is -1.11. The van der Waals surface area contributed by atoms with Gasteiger partial charge in [0.05, 0.1) is 44.3 Å². The molecule has 1 N–H and O–H groups in total. The summed E-state index contributed by atoms with van der Waals surface area (Å²) >= 11 is 0. The van der Waals surface area contributed by atoms with Crippen LogP contribution in [0.25, 0.3) is 0 Å². The summed E-state index contributed by atoms with van der Waals surface area (Å²) < 4.78 is 46.1. The largest absolute Gasteiger partial charge is 0.479 e. The molecule has 3 fully saturated rings. The molecule has 15 heteroatoms. The molecule has 3 aromatic rings. The van der Waals surface area contributed by atoms with Crippen molar-refractivity contribution in [3.05, 3.63) is 63.3 Å². The van der Waals surface area contributed by atoms with E-state index in [1.807, 2.05) is 6.07 Å². The number of pyridine rings is 2. The molecule has 2 saturated heterocycles. The standard InChI is InChI=1S/C32H35F2N7O6/c1-45-29-26(33)28(27(34)30(37-29)46-2)40-18-19-17-35-25(16-22(19)32(7-8-32)31(40)42)36-23-4-3-21(15-24(23)41(43)44)38-9-5-20(6-10-38)39-11-13-47-14-12-39/h3-4,15-17,20H,5-14,18H2,1-2H3,(H,35,36). The molecular formula is C32H35F2N7O6. The molecule has 7 rings (SSSR count). The summed E-state index contributed by atoms with van der Waals surface area (Å²) in [6.07, 6.45) is 4.43. The van der Waals surface area contributed by atoms with Crippen molar-refractivity contribution >= 4 is 34.5 Å². The van der Waals surface area contributed by atoms with Crippen LogP contribution in [0.4, 0.5) is 37.3 Å². The van der Waals surface area contributed by atoms with Crippen molar-refractivity contribution in [2.24, 2.45) is 0 Å². The number of ether oxygens (including phenoxy) is 3. The van der Waals surface area contributed by atoms with E-state index in [1.165, 1.54) is 20.4 Å². The van der Waals surface area contributed by atoms with Crippen LogP contribution < -0.4 is 24.6 Å². The van der Waals surface area contributed by atoms with Gasteiger partial charge in [-0.25, -0.2) is 4.98 Å². The first-order valence-corrected chi connectivity index (χ1v) is 15.6. The Kier molecular flexibility index (Phi) is 8.04. The predicted molar refractivity (Wildman–Crippen MR) is 168 cm³/mol. The van der Waals surface area contributed by atoms with Crippen molar-refractivity contribution < 1.29 is 32.7 Å². The second kappa shape index (κ2) is 12.2. The number of nitro groups is 1. The molecule has 4 aliphatic rings. The summed E-state index contributed by atoms with van der Waals surface area (Å²) in [4.78, 5) is 39.5. The predicted octanol–water partition coefficient (Wildman–Crippen LogP) is 4.30. The third-order valence-electron chi connectivity index (χ3n) is 9.72. The Balaban J connectivity index is 1.12. The number of morpholine rings is 1. The van der Waals surface area contributed by atoms with E-state index in [1.54, 1.807) is 18.2 Å². The molecule has 248 valence electrons. The highest BCUT2D eigenvalue weighted by molar-refractivity contribution is 6.05. The topological polar surface area (TPSA) is 135 Å². The Morgan fingerprint density at radius 3 is 2.34 bits per heavy atom. The van der Waals surface area contributed by atoms with E-state index in [4.69, 9.17) is 14.2 Å². The molecule has 13 nitrogen and oxygen atoms in total. The van der Waals surface area contributed by atoms with Gasteiger partial charge in [0.15, 0.2) is 0 Å². The number of hydrogen-bond acceptors (Lipinski definition) is 11. The third kappa shape index (κ3) is 5.46. The number of nitro benzene ring substituents is 1. The van der Waals surface area contributed by atoms with Crippen LogP contribution in [0.3, 0.4) is 0 Å². The Morgan fingerprint density at radius 1 is 1.04 bits per heavy atom. The lowest BCUT2D eigenvalue weighted by atomic mass is 9.86. The highest BCUT2D eigenvalue weighted by atomic mass is 19.1. The number of carbonyl (C=O) groups is 1. The summed E-state index contributed by atoms with van der Waals surface area (Å²) in [5, 5.41) is 15.3. The minimum absolute atomic E-state index is 0.0905. The average Bonchev–Trinajstić information content (AvgIpc) is 3.90. The second-order valence-electron chi connectivity index (χ2n) is 12.3. The molecule has 1 saturated carbocycles. The molecule has 1 amide bonds. The lowest BCUT2D eigenvalue weighted by molar-refractivity contribution is -0.383. The van der Waals surface area contributed by atoms with Gasteiger partial charge in [0, 0.05) is 50.2 Å². The summed E-state index contributed by atoms with van der Waals surface area (Å²) in [6, 6.07) is 7.32. The fraction of sp³-hybridized carbons (Fsp3) is 0.469. The van der Waals surface area contributed by atoms with E-state index in [9.17, 15) is 14.9 Å². The molecule has 1 aromatic carbocycles. The molecule has 1 aliphatic carbocycles. The van der Waals surface area contributed by atoms with Gasteiger partial charge in [-0.05, 0) is 55.0 Å². The molecule has 3 aliphatic heterocycles. The van der Waals surface area contributed by atoms with Gasteiger partial charge in [-0.2, -0.15) is 13.8 Å². The summed E-state index contributed by atoms with van der Waals surface area (Å²) in [7, 11) is 2.38. The van der Waals surface area contributed by atoms with Crippen LogP contribution in [0.5, 0.6) is 11.8 Å². The molecule has 0 bridgehead atoms. The van der Waals surface area contributed by atoms with Crippen molar-refractivity contribution in [3.63, 3.8) is 0 Å². The number of benzene rings is 1. The van der Waals surface area contributed by atoms with Gasteiger partial charge in [0.25, 0.3) is 17.4 Å². The van der Waals surface area contributed by atoms with Gasteiger partial charge < -0.3 is 29.3 Å². The molecule has 0 atom stereocenters. The normalized spacial score (nSPS) is 19.4. The first-order valence-electron chi connectivity index (χ1n) is 15.6. The highest BCUT2D eigenvalue weighted by Crippen LogP contribution is 2.55. The number of rotatable bonds is 8. The lowest BCUT2D eigenvalue weighted by Gasteiger charge is -2.40. The van der Waals surface area contributed by atoms with Crippen LogP contribution in [0.1, 0.15) is 36.8 Å². The second-order valence-corrected chi connectivity index (χ2v) is 12.3. The number of carbonyl (C=O) groups excluding carboxylic acids is 1. The number of nitrogens with one attached hydrogen (secondary N) is 1. The van der Waals surface area contributed by atoms with Gasteiger partial charge in [0.1, 0.15) is 17.2 Å². The number of aromatic nitrogens is 2. The fourth-order valence-corrected chi connectivity index (χ4v) is 7.07. The van der Waals surface area contributed by atoms with E-state index in [-0.39, 0.29) is 17.9 Å². The van der Waals surface area contributed by atoms with Crippen molar-refractivity contribution in [1.29, 1.82) is 0 Å². The van der Waals surface area contributed by atoms with Crippen LogP contribution in [0.2, 0.25) is 0 Å². The molecule has 1 spiro atoms. The number of halogens is 2. The zero-order valence-electron chi connectivity index (χ0n) is 26.1. The first kappa shape index (κ1) is 31.0. The van der Waals surface area contributed by atoms with Crippen molar-refractivity contribution in [3.8, 4) is 11.8 Å². The van der Waals surface area contributed by atoms with Crippen LogP contribution in [-0.2, 0) is 21.5 Å². The van der Waals surface area contributed by atoms with E-state index in [0.29, 0.717) is 35.8 Å². The number of piperidine rings is 1. The molecule has 2 aromatic heterocycles. The van der Waals surface area contributed by atoms with Gasteiger partial charge in [-0.15, -0.1) is 0 Å². The molecule has 0 unspecified atom stereocenters. The number of hydrogen-bond donors (Lipinski definition) is 1. The lowest BCUT2D eigenvalue weighted by Crippen LogP contribution is -2.49. The third-order valence-corrected chi connectivity index (χ3v) is 9.72. The van der Waals surface area contributed by atoms with E-state index in [0.717, 1.165) is 62.8 Å². The molecule has 47 heavy (non-hydrogen) atoms. The van der Waals surface area contributed by atoms with Crippen LogP contribution >= 0.6 is 0 Å². The van der Waals surface area contributed by atoms with Gasteiger partial charge in [-0.3, -0.25) is 19.8 Å². The highest BCUT2D eigenvalue weighted by Gasteiger charge is 2.57. The molecule has 0 radical (unpaired) electrons. The zero-order valence-corrected chi connectivity index (χ0v) is 26.1. The van der Waals surface area contributed by atoms with Crippen molar-refractivity contribution in [2.45, 2.75) is 43.7 Å². The first-order chi connectivity index (χ1) is 22.7. The Labute approximate surface area is 269 Å². The minimum Gasteiger partial charge on any atom is -0.479 e. The smallest absolute Gasteiger partial charge is 0.294 e. The number of nitrogens with zero attached hydrogens (tertiary/aromatic N) is 6. The molecule has 5 heterocycles. The van der Waals surface area contributed by atoms with Crippen LogP contribution in [-0.4, -0.2) is 85.4 Å². The fourth-order valence-electron chi connectivity index (χ4n) is 7.07. The zero-order chi connectivity index (χ0) is 32.9.